The number of nitrogens with one attached hydrogen (secondary N) is 1. The number of ether oxygens (including phenoxy) is 1. The van der Waals surface area contributed by atoms with Crippen LogP contribution in [0.15, 0.2) is 66.7 Å². The van der Waals surface area contributed by atoms with Crippen LogP contribution in [0.5, 0.6) is 5.75 Å². The number of benzene rings is 3. The Morgan fingerprint density at radius 2 is 1.55 bits per heavy atom. The van der Waals surface area contributed by atoms with E-state index < -0.39 is 42.5 Å². The first-order valence-corrected chi connectivity index (χ1v) is 14.0. The second-order valence-electron chi connectivity index (χ2n) is 10.4. The van der Waals surface area contributed by atoms with Crippen molar-refractivity contribution < 1.29 is 46.2 Å². The number of amides is 2. The quantitative estimate of drug-likeness (QED) is 0.223. The van der Waals surface area contributed by atoms with Crippen LogP contribution in [0, 0.1) is 0 Å². The molecule has 0 saturated heterocycles. The lowest BCUT2D eigenvalue weighted by atomic mass is 9.77. The normalized spacial score (nSPS) is 14.5. The molecule has 0 bridgehead atoms. The maximum Gasteiger partial charge on any atom is 0.573 e. The van der Waals surface area contributed by atoms with Crippen LogP contribution in [0.3, 0.4) is 0 Å². The number of hydrogen-bond acceptors (Lipinski definition) is 4. The van der Waals surface area contributed by atoms with Gasteiger partial charge in [0.25, 0.3) is 5.91 Å². The van der Waals surface area contributed by atoms with Crippen LogP contribution in [0.25, 0.3) is 0 Å². The highest BCUT2D eigenvalue weighted by Crippen LogP contribution is 2.40. The van der Waals surface area contributed by atoms with Crippen LogP contribution in [0.2, 0.25) is 5.02 Å². The standard InChI is InChI=1S/C31H28ClF5N2O5/c1-2-3-25(18-4-6-20(7-5-18)27(40)38-17-30(33,34)29(42)43)26(19-8-11-23(32)12-9-19)28(41)39-15-21-10-13-24(14-22(21)16-39)44-31(35,36)37/h4-14,25-26H,2-3,15-17H2,1H3,(H,38,40)(H,42,43). The third kappa shape index (κ3) is 7.85. The number of fused-ring (bicyclic) bond motifs is 1. The topological polar surface area (TPSA) is 95.9 Å². The first-order valence-electron chi connectivity index (χ1n) is 13.6. The fraction of sp³-hybridized carbons (Fsp3) is 0.323. The van der Waals surface area contributed by atoms with E-state index in [1.807, 2.05) is 12.2 Å². The molecular formula is C31H28ClF5N2O5. The van der Waals surface area contributed by atoms with Crippen LogP contribution < -0.4 is 10.1 Å². The summed E-state index contributed by atoms with van der Waals surface area (Å²) in [5.74, 6) is -9.16. The number of rotatable bonds is 11. The number of carbonyl (C=O) groups is 3. The van der Waals surface area contributed by atoms with Crippen molar-refractivity contribution in [3.8, 4) is 5.75 Å². The van der Waals surface area contributed by atoms with Gasteiger partial charge in [0.15, 0.2) is 0 Å². The summed E-state index contributed by atoms with van der Waals surface area (Å²) >= 11 is 6.12. The van der Waals surface area contributed by atoms with Crippen molar-refractivity contribution in [1.82, 2.24) is 10.2 Å². The van der Waals surface area contributed by atoms with Gasteiger partial charge in [-0.15, -0.1) is 13.2 Å². The molecule has 3 aromatic rings. The number of hydrogen-bond donors (Lipinski definition) is 2. The molecule has 7 nitrogen and oxygen atoms in total. The van der Waals surface area contributed by atoms with Gasteiger partial charge in [-0.1, -0.05) is 55.3 Å². The SMILES string of the molecule is CCCC(c1ccc(C(=O)NCC(F)(F)C(=O)O)cc1)C(C(=O)N1Cc2ccc(OC(F)(F)F)cc2C1)c1ccc(Cl)cc1. The Morgan fingerprint density at radius 1 is 0.932 bits per heavy atom. The maximum absolute atomic E-state index is 14.2. The molecule has 0 fully saturated rings. The first kappa shape index (κ1) is 32.7. The number of aliphatic carboxylic acids is 1. The van der Waals surface area contributed by atoms with Crippen molar-refractivity contribution in [1.29, 1.82) is 0 Å². The predicted molar refractivity (Wildman–Crippen MR) is 151 cm³/mol. The van der Waals surface area contributed by atoms with Crippen molar-refractivity contribution >= 4 is 29.4 Å². The van der Waals surface area contributed by atoms with Crippen molar-refractivity contribution in [2.75, 3.05) is 6.54 Å². The zero-order chi connectivity index (χ0) is 32.2. The molecule has 0 saturated carbocycles. The Kier molecular flexibility index (Phi) is 9.82. The molecule has 3 aromatic carbocycles. The highest BCUT2D eigenvalue weighted by atomic mass is 35.5. The second-order valence-corrected chi connectivity index (χ2v) is 10.8. The summed E-state index contributed by atoms with van der Waals surface area (Å²) in [7, 11) is 0. The molecule has 2 amide bonds. The molecule has 0 aromatic heterocycles. The van der Waals surface area contributed by atoms with Crippen molar-refractivity contribution in [2.45, 2.75) is 57.0 Å². The Labute approximate surface area is 254 Å². The lowest BCUT2D eigenvalue weighted by molar-refractivity contribution is -0.274. The summed E-state index contributed by atoms with van der Waals surface area (Å²) in [6, 6.07) is 16.8. The fourth-order valence-electron chi connectivity index (χ4n) is 5.23. The van der Waals surface area contributed by atoms with Crippen LogP contribution in [-0.4, -0.2) is 46.6 Å². The number of carboxylic acid groups (broad SMARTS) is 1. The Balaban J connectivity index is 1.61. The highest BCUT2D eigenvalue weighted by molar-refractivity contribution is 6.30. The third-order valence-corrected chi connectivity index (χ3v) is 7.58. The largest absolute Gasteiger partial charge is 0.573 e. The molecular weight excluding hydrogens is 611 g/mol. The Morgan fingerprint density at radius 3 is 2.14 bits per heavy atom. The van der Waals surface area contributed by atoms with E-state index >= 15 is 0 Å². The lowest BCUT2D eigenvalue weighted by Gasteiger charge is -2.31. The summed E-state index contributed by atoms with van der Waals surface area (Å²) in [6.45, 7) is 0.820. The zero-order valence-electron chi connectivity index (χ0n) is 23.3. The van der Waals surface area contributed by atoms with Crippen LogP contribution in [0.4, 0.5) is 22.0 Å². The van der Waals surface area contributed by atoms with Gasteiger partial charge in [-0.05, 0) is 71.0 Å². The van der Waals surface area contributed by atoms with Crippen LogP contribution in [-0.2, 0) is 22.7 Å². The molecule has 1 aliphatic heterocycles. The van der Waals surface area contributed by atoms with Crippen LogP contribution in [0.1, 0.15) is 64.2 Å². The van der Waals surface area contributed by atoms with E-state index in [4.69, 9.17) is 16.7 Å². The minimum absolute atomic E-state index is 0.0198. The molecule has 234 valence electrons. The van der Waals surface area contributed by atoms with Gasteiger partial charge in [0.1, 0.15) is 5.75 Å². The number of alkyl halides is 5. The lowest BCUT2D eigenvalue weighted by Crippen LogP contribution is -2.42. The number of carboxylic acids is 1. The molecule has 0 spiro atoms. The summed E-state index contributed by atoms with van der Waals surface area (Å²) in [5, 5.41) is 10.9. The first-order chi connectivity index (χ1) is 20.7. The summed E-state index contributed by atoms with van der Waals surface area (Å²) in [4.78, 5) is 38.8. The van der Waals surface area contributed by atoms with Gasteiger partial charge in [-0.3, -0.25) is 9.59 Å². The molecule has 2 unspecified atom stereocenters. The fourth-order valence-corrected chi connectivity index (χ4v) is 5.35. The average molecular weight is 639 g/mol. The van der Waals surface area contributed by atoms with E-state index in [-0.39, 0.29) is 30.3 Å². The molecule has 2 N–H and O–H groups in total. The minimum Gasteiger partial charge on any atom is -0.477 e. The smallest absolute Gasteiger partial charge is 0.477 e. The summed E-state index contributed by atoms with van der Waals surface area (Å²) in [5.41, 5.74) is 2.59. The van der Waals surface area contributed by atoms with Gasteiger partial charge in [0, 0.05) is 23.7 Å². The molecule has 1 aliphatic rings. The Hall–Kier alpha value is -4.19. The van der Waals surface area contributed by atoms with Crippen molar-refractivity contribution in [3.05, 3.63) is 99.6 Å². The van der Waals surface area contributed by atoms with Crippen molar-refractivity contribution in [2.24, 2.45) is 0 Å². The van der Waals surface area contributed by atoms with Gasteiger partial charge >= 0.3 is 18.3 Å². The Bertz CT molecular complexity index is 1510. The van der Waals surface area contributed by atoms with E-state index in [2.05, 4.69) is 4.74 Å². The maximum atomic E-state index is 14.2. The summed E-state index contributed by atoms with van der Waals surface area (Å²) in [6.07, 6.45) is -3.64. The molecule has 0 radical (unpaired) electrons. The van der Waals surface area contributed by atoms with Gasteiger partial charge in [0.05, 0.1) is 12.5 Å². The van der Waals surface area contributed by atoms with Crippen LogP contribution >= 0.6 is 11.6 Å². The number of halogens is 6. The van der Waals surface area contributed by atoms with E-state index in [0.29, 0.717) is 40.1 Å². The van der Waals surface area contributed by atoms with E-state index in [0.717, 1.165) is 0 Å². The van der Waals surface area contributed by atoms with E-state index in [1.54, 1.807) is 41.3 Å². The number of nitrogens with zero attached hydrogens (tertiary/aromatic N) is 1. The average Bonchev–Trinajstić information content (AvgIpc) is 3.39. The number of carbonyl (C=O) groups excluding carboxylic acids is 2. The minimum atomic E-state index is -4.85. The molecule has 44 heavy (non-hydrogen) atoms. The molecule has 2 atom stereocenters. The molecule has 13 heteroatoms. The second kappa shape index (κ2) is 13.2. The van der Waals surface area contributed by atoms with Gasteiger partial charge in [0.2, 0.25) is 5.91 Å². The monoisotopic (exact) mass is 638 g/mol. The molecule has 1 heterocycles. The molecule has 4 rings (SSSR count). The van der Waals surface area contributed by atoms with Gasteiger partial charge in [-0.2, -0.15) is 8.78 Å². The predicted octanol–water partition coefficient (Wildman–Crippen LogP) is 6.90. The third-order valence-electron chi connectivity index (χ3n) is 7.33. The zero-order valence-corrected chi connectivity index (χ0v) is 24.1. The van der Waals surface area contributed by atoms with E-state index in [1.165, 1.54) is 30.3 Å². The van der Waals surface area contributed by atoms with Crippen molar-refractivity contribution in [3.63, 3.8) is 0 Å². The summed E-state index contributed by atoms with van der Waals surface area (Å²) < 4.78 is 69.1. The highest BCUT2D eigenvalue weighted by Gasteiger charge is 2.39. The van der Waals surface area contributed by atoms with E-state index in [9.17, 15) is 36.3 Å². The van der Waals surface area contributed by atoms with Gasteiger partial charge in [-0.25, -0.2) is 4.79 Å². The van der Waals surface area contributed by atoms with Gasteiger partial charge < -0.3 is 20.1 Å². The molecule has 0 aliphatic carbocycles.